The van der Waals surface area contributed by atoms with Gasteiger partial charge >= 0.3 is 5.97 Å². The van der Waals surface area contributed by atoms with Gasteiger partial charge in [0, 0.05) is 17.7 Å². The van der Waals surface area contributed by atoms with Gasteiger partial charge in [-0.3, -0.25) is 9.59 Å². The minimum absolute atomic E-state index is 0.00937. The summed E-state index contributed by atoms with van der Waals surface area (Å²) in [5.74, 6) is -1.09. The molecule has 2 N–H and O–H groups in total. The second kappa shape index (κ2) is 9.26. The first-order chi connectivity index (χ1) is 15.9. The van der Waals surface area contributed by atoms with Gasteiger partial charge < -0.3 is 19.4 Å². The van der Waals surface area contributed by atoms with E-state index in [1.54, 1.807) is 24.3 Å². The van der Waals surface area contributed by atoms with E-state index in [4.69, 9.17) is 9.47 Å². The Balaban J connectivity index is 1.50. The number of aromatic nitrogens is 3. The molecule has 10 nitrogen and oxygen atoms in total. The third-order valence-electron chi connectivity index (χ3n) is 5.83. The number of nitrogens with zero attached hydrogens (tertiary/aromatic N) is 3. The Morgan fingerprint density at radius 1 is 1.33 bits per heavy atom. The number of H-pyrrole nitrogens is 1. The first-order valence-corrected chi connectivity index (χ1v) is 10.6. The standard InChI is InChI=1S/C23H23N5O5/c1-13-14(2)28(11-15-6-5-9-32-15)21(18(13)10-24)25-19(29)12-33-23(31)20-16-7-3-4-8-17(16)22(30)27-26-20/h3-4,7-8,15H,5-6,9,11-12H2,1-2H3,(H,25,29)(H,27,30). The molecule has 1 unspecified atom stereocenters. The zero-order valence-corrected chi connectivity index (χ0v) is 18.3. The molecule has 1 saturated heterocycles. The van der Waals surface area contributed by atoms with Gasteiger partial charge in [-0.1, -0.05) is 18.2 Å². The summed E-state index contributed by atoms with van der Waals surface area (Å²) in [6.07, 6.45) is 1.89. The Kier molecular flexibility index (Phi) is 6.24. The third-order valence-corrected chi connectivity index (χ3v) is 5.83. The first kappa shape index (κ1) is 22.2. The third kappa shape index (κ3) is 4.36. The summed E-state index contributed by atoms with van der Waals surface area (Å²) in [5.41, 5.74) is 1.47. The van der Waals surface area contributed by atoms with E-state index in [0.717, 1.165) is 24.1 Å². The summed E-state index contributed by atoms with van der Waals surface area (Å²) in [4.78, 5) is 37.1. The van der Waals surface area contributed by atoms with Gasteiger partial charge in [0.1, 0.15) is 11.9 Å². The fraction of sp³-hybridized carbons (Fsp3) is 0.348. The molecule has 1 fully saturated rings. The number of carbonyl (C=O) groups is 2. The molecule has 4 rings (SSSR count). The van der Waals surface area contributed by atoms with Crippen molar-refractivity contribution >= 4 is 28.5 Å². The fourth-order valence-corrected chi connectivity index (χ4v) is 3.99. The van der Waals surface area contributed by atoms with Gasteiger partial charge in [0.05, 0.1) is 23.6 Å². The van der Waals surface area contributed by atoms with Crippen LogP contribution >= 0.6 is 0 Å². The smallest absolute Gasteiger partial charge is 0.359 e. The van der Waals surface area contributed by atoms with E-state index in [9.17, 15) is 19.6 Å². The van der Waals surface area contributed by atoms with E-state index in [1.165, 1.54) is 0 Å². The number of esters is 1. The lowest BCUT2D eigenvalue weighted by Gasteiger charge is -2.17. The SMILES string of the molecule is Cc1c(C#N)c(NC(=O)COC(=O)c2n[nH]c(=O)c3ccccc23)n(CC2CCCO2)c1C. The van der Waals surface area contributed by atoms with Crippen LogP contribution in [0, 0.1) is 25.2 Å². The summed E-state index contributed by atoms with van der Waals surface area (Å²) >= 11 is 0. The second-order valence-corrected chi connectivity index (χ2v) is 7.86. The molecule has 0 aliphatic carbocycles. The van der Waals surface area contributed by atoms with Crippen LogP contribution in [0.25, 0.3) is 10.8 Å². The molecule has 10 heteroatoms. The molecular formula is C23H23N5O5. The highest BCUT2D eigenvalue weighted by molar-refractivity contribution is 6.03. The lowest BCUT2D eigenvalue weighted by atomic mass is 10.1. The van der Waals surface area contributed by atoms with Crippen LogP contribution in [0.2, 0.25) is 0 Å². The van der Waals surface area contributed by atoms with Crippen molar-refractivity contribution in [2.75, 3.05) is 18.5 Å². The Morgan fingerprint density at radius 3 is 2.79 bits per heavy atom. The number of carbonyl (C=O) groups excluding carboxylic acids is 2. The molecule has 1 aliphatic heterocycles. The van der Waals surface area contributed by atoms with E-state index in [-0.39, 0.29) is 11.8 Å². The molecule has 1 atom stereocenters. The highest BCUT2D eigenvalue weighted by Crippen LogP contribution is 2.28. The molecule has 33 heavy (non-hydrogen) atoms. The molecule has 3 heterocycles. The summed E-state index contributed by atoms with van der Waals surface area (Å²) in [7, 11) is 0. The molecular weight excluding hydrogens is 426 g/mol. The minimum Gasteiger partial charge on any atom is -0.451 e. The van der Waals surface area contributed by atoms with Gasteiger partial charge in [0.2, 0.25) is 0 Å². The van der Waals surface area contributed by atoms with Gasteiger partial charge in [-0.2, -0.15) is 10.4 Å². The number of nitriles is 1. The summed E-state index contributed by atoms with van der Waals surface area (Å²) < 4.78 is 12.7. The van der Waals surface area contributed by atoms with Crippen LogP contribution < -0.4 is 10.9 Å². The van der Waals surface area contributed by atoms with Crippen LogP contribution in [-0.4, -0.2) is 46.0 Å². The van der Waals surface area contributed by atoms with Crippen LogP contribution in [-0.2, 0) is 20.8 Å². The Hall–Kier alpha value is -3.97. The van der Waals surface area contributed by atoms with Crippen molar-refractivity contribution in [1.82, 2.24) is 14.8 Å². The van der Waals surface area contributed by atoms with E-state index in [2.05, 4.69) is 21.6 Å². The van der Waals surface area contributed by atoms with Crippen LogP contribution in [0.5, 0.6) is 0 Å². The van der Waals surface area contributed by atoms with Gasteiger partial charge in [0.15, 0.2) is 12.3 Å². The molecule has 3 aromatic rings. The van der Waals surface area contributed by atoms with E-state index >= 15 is 0 Å². The van der Waals surface area contributed by atoms with Crippen LogP contribution in [0.3, 0.4) is 0 Å². The minimum atomic E-state index is -0.847. The molecule has 170 valence electrons. The maximum atomic E-state index is 12.6. The number of hydrogen-bond donors (Lipinski definition) is 2. The van der Waals surface area contributed by atoms with Crippen LogP contribution in [0.1, 0.15) is 40.2 Å². The summed E-state index contributed by atoms with van der Waals surface area (Å²) in [5, 5.41) is 19.0. The van der Waals surface area contributed by atoms with Crippen molar-refractivity contribution < 1.29 is 19.1 Å². The number of hydrogen-bond acceptors (Lipinski definition) is 7. The van der Waals surface area contributed by atoms with Gasteiger partial charge in [0.25, 0.3) is 11.5 Å². The lowest BCUT2D eigenvalue weighted by molar-refractivity contribution is -0.119. The highest BCUT2D eigenvalue weighted by atomic mass is 16.5. The molecule has 0 spiro atoms. The molecule has 1 aliphatic rings. The normalized spacial score (nSPS) is 15.4. The largest absolute Gasteiger partial charge is 0.451 e. The predicted molar refractivity (Wildman–Crippen MR) is 119 cm³/mol. The van der Waals surface area contributed by atoms with Gasteiger partial charge in [-0.05, 0) is 38.3 Å². The zero-order chi connectivity index (χ0) is 23.5. The fourth-order valence-electron chi connectivity index (χ4n) is 3.99. The number of rotatable bonds is 6. The Bertz CT molecular complexity index is 1330. The van der Waals surface area contributed by atoms with E-state index in [0.29, 0.717) is 35.3 Å². The van der Waals surface area contributed by atoms with Gasteiger partial charge in [-0.15, -0.1) is 0 Å². The molecule has 1 amide bonds. The second-order valence-electron chi connectivity index (χ2n) is 7.86. The van der Waals surface area contributed by atoms with E-state index < -0.39 is 24.0 Å². The average molecular weight is 449 g/mol. The molecule has 0 saturated carbocycles. The molecule has 2 aromatic heterocycles. The number of fused-ring (bicyclic) bond motifs is 1. The van der Waals surface area contributed by atoms with Crippen molar-refractivity contribution in [2.24, 2.45) is 0 Å². The summed E-state index contributed by atoms with van der Waals surface area (Å²) in [6.45, 7) is 4.33. The topological polar surface area (TPSA) is 139 Å². The Labute approximate surface area is 189 Å². The quantitative estimate of drug-likeness (QED) is 0.550. The number of benzene rings is 1. The lowest BCUT2D eigenvalue weighted by Crippen LogP contribution is -2.25. The van der Waals surface area contributed by atoms with E-state index in [1.807, 2.05) is 18.4 Å². The maximum Gasteiger partial charge on any atom is 0.359 e. The number of aromatic amines is 1. The zero-order valence-electron chi connectivity index (χ0n) is 18.3. The number of nitrogens with one attached hydrogen (secondary N) is 2. The molecule has 0 radical (unpaired) electrons. The summed E-state index contributed by atoms with van der Waals surface area (Å²) in [6, 6.07) is 8.63. The first-order valence-electron chi connectivity index (χ1n) is 10.6. The van der Waals surface area contributed by atoms with Crippen LogP contribution in [0.4, 0.5) is 5.82 Å². The highest BCUT2D eigenvalue weighted by Gasteiger charge is 2.24. The number of anilines is 1. The Morgan fingerprint density at radius 2 is 2.09 bits per heavy atom. The number of ether oxygens (including phenoxy) is 2. The number of amides is 1. The monoisotopic (exact) mass is 449 g/mol. The maximum absolute atomic E-state index is 12.6. The van der Waals surface area contributed by atoms with Crippen molar-refractivity contribution in [3.8, 4) is 6.07 Å². The molecule has 0 bridgehead atoms. The average Bonchev–Trinajstić information content (AvgIpc) is 3.41. The van der Waals surface area contributed by atoms with Crippen molar-refractivity contribution in [3.05, 3.63) is 57.1 Å². The predicted octanol–water partition coefficient (Wildman–Crippen LogP) is 2.19. The van der Waals surface area contributed by atoms with Gasteiger partial charge in [-0.25, -0.2) is 9.89 Å². The van der Waals surface area contributed by atoms with Crippen molar-refractivity contribution in [3.63, 3.8) is 0 Å². The van der Waals surface area contributed by atoms with Crippen molar-refractivity contribution in [2.45, 2.75) is 39.3 Å². The molecule has 1 aromatic carbocycles. The van der Waals surface area contributed by atoms with Crippen molar-refractivity contribution in [1.29, 1.82) is 5.26 Å². The van der Waals surface area contributed by atoms with Crippen LogP contribution in [0.15, 0.2) is 29.1 Å².